The Morgan fingerprint density at radius 1 is 1.09 bits per heavy atom. The molecule has 162 valence electrons. The molecule has 0 aliphatic carbocycles. The van der Waals surface area contributed by atoms with Gasteiger partial charge in [-0.1, -0.05) is 36.4 Å². The summed E-state index contributed by atoms with van der Waals surface area (Å²) in [4.78, 5) is 24.0. The summed E-state index contributed by atoms with van der Waals surface area (Å²) in [5.41, 5.74) is 4.03. The van der Waals surface area contributed by atoms with Crippen molar-refractivity contribution in [2.45, 2.75) is 13.0 Å². The van der Waals surface area contributed by atoms with Gasteiger partial charge in [-0.3, -0.25) is 9.78 Å². The molecule has 0 unspecified atom stereocenters. The lowest BCUT2D eigenvalue weighted by molar-refractivity contribution is 0.0737. The largest absolute Gasteiger partial charge is 0.379 e. The molecule has 1 fully saturated rings. The number of carbonyl (C=O) groups is 1. The van der Waals surface area contributed by atoms with Gasteiger partial charge in [0.25, 0.3) is 5.91 Å². The second-order valence-electron chi connectivity index (χ2n) is 8.32. The Hall–Kier alpha value is -3.51. The van der Waals surface area contributed by atoms with E-state index in [2.05, 4.69) is 34.2 Å². The van der Waals surface area contributed by atoms with E-state index in [9.17, 15) is 4.79 Å². The first-order valence-electron chi connectivity index (χ1n) is 11.0. The number of amides is 1. The van der Waals surface area contributed by atoms with E-state index in [1.165, 1.54) is 5.56 Å². The van der Waals surface area contributed by atoms with Gasteiger partial charge in [-0.2, -0.15) is 0 Å². The van der Waals surface area contributed by atoms with Crippen molar-refractivity contribution in [1.82, 2.24) is 19.4 Å². The molecule has 5 rings (SSSR count). The van der Waals surface area contributed by atoms with Crippen LogP contribution in [0.4, 0.5) is 0 Å². The van der Waals surface area contributed by atoms with Gasteiger partial charge in [-0.25, -0.2) is 4.98 Å². The molecule has 1 atom stereocenters. The van der Waals surface area contributed by atoms with E-state index in [0.29, 0.717) is 32.8 Å². The van der Waals surface area contributed by atoms with Gasteiger partial charge in [-0.15, -0.1) is 0 Å². The van der Waals surface area contributed by atoms with E-state index < -0.39 is 0 Å². The SMILES string of the molecule is O=C(c1cccc(Cn2ccnc2)c1)N1CCOC[C@@H](Cc2cccc3cccnc23)C1. The van der Waals surface area contributed by atoms with Crippen LogP contribution in [-0.4, -0.2) is 51.6 Å². The van der Waals surface area contributed by atoms with Crippen LogP contribution in [0.15, 0.2) is 79.5 Å². The van der Waals surface area contributed by atoms with Crippen LogP contribution < -0.4 is 0 Å². The van der Waals surface area contributed by atoms with Gasteiger partial charge in [0.05, 0.1) is 25.1 Å². The van der Waals surface area contributed by atoms with Crippen LogP contribution in [0.25, 0.3) is 10.9 Å². The molecule has 6 nitrogen and oxygen atoms in total. The average Bonchev–Trinajstić information content (AvgIpc) is 3.22. The van der Waals surface area contributed by atoms with Gasteiger partial charge in [-0.05, 0) is 35.7 Å². The van der Waals surface area contributed by atoms with Crippen LogP contribution in [0.1, 0.15) is 21.5 Å². The van der Waals surface area contributed by atoms with Crippen LogP contribution in [-0.2, 0) is 17.7 Å². The third-order valence-corrected chi connectivity index (χ3v) is 5.95. The zero-order valence-electron chi connectivity index (χ0n) is 17.9. The third-order valence-electron chi connectivity index (χ3n) is 5.95. The van der Waals surface area contributed by atoms with Crippen molar-refractivity contribution in [2.24, 2.45) is 5.92 Å². The van der Waals surface area contributed by atoms with E-state index >= 15 is 0 Å². The molecule has 32 heavy (non-hydrogen) atoms. The molecule has 2 aromatic carbocycles. The minimum Gasteiger partial charge on any atom is -0.379 e. The summed E-state index contributed by atoms with van der Waals surface area (Å²) in [7, 11) is 0. The van der Waals surface area contributed by atoms with Crippen molar-refractivity contribution in [3.05, 3.63) is 96.2 Å². The predicted octanol–water partition coefficient (Wildman–Crippen LogP) is 3.81. The Morgan fingerprint density at radius 2 is 2.00 bits per heavy atom. The lowest BCUT2D eigenvalue weighted by atomic mass is 9.97. The van der Waals surface area contributed by atoms with Crippen LogP contribution in [0.2, 0.25) is 0 Å². The minimum atomic E-state index is 0.0593. The Balaban J connectivity index is 1.32. The molecule has 0 bridgehead atoms. The number of benzene rings is 2. The van der Waals surface area contributed by atoms with Gasteiger partial charge in [0.15, 0.2) is 0 Å². The number of carbonyl (C=O) groups excluding carboxylic acids is 1. The molecule has 0 radical (unpaired) electrons. The first kappa shape index (κ1) is 20.4. The van der Waals surface area contributed by atoms with E-state index in [-0.39, 0.29) is 11.8 Å². The van der Waals surface area contributed by atoms with Crippen molar-refractivity contribution in [3.8, 4) is 0 Å². The van der Waals surface area contributed by atoms with Crippen molar-refractivity contribution < 1.29 is 9.53 Å². The molecule has 1 amide bonds. The second kappa shape index (κ2) is 9.32. The standard InChI is InChI=1S/C26H26N4O2/c31-26(24-7-1-4-20(14-24)16-29-11-10-27-19-29)30-12-13-32-18-21(17-30)15-23-6-2-5-22-8-3-9-28-25(22)23/h1-11,14,19,21H,12-13,15-18H2/t21-/m0/s1. The number of ether oxygens (including phenoxy) is 1. The maximum Gasteiger partial charge on any atom is 0.253 e. The quantitative estimate of drug-likeness (QED) is 0.487. The number of aromatic nitrogens is 3. The monoisotopic (exact) mass is 426 g/mol. The summed E-state index contributed by atoms with van der Waals surface area (Å²) in [6, 6.07) is 18.2. The summed E-state index contributed by atoms with van der Waals surface area (Å²) >= 11 is 0. The summed E-state index contributed by atoms with van der Waals surface area (Å²) in [6.45, 7) is 3.18. The third kappa shape index (κ3) is 4.55. The lowest BCUT2D eigenvalue weighted by Gasteiger charge is -2.24. The molecular weight excluding hydrogens is 400 g/mol. The topological polar surface area (TPSA) is 60.2 Å². The van der Waals surface area contributed by atoms with E-state index in [1.807, 2.05) is 52.2 Å². The predicted molar refractivity (Wildman–Crippen MR) is 123 cm³/mol. The van der Waals surface area contributed by atoms with Gasteiger partial charge in [0, 0.05) is 55.1 Å². The molecule has 4 aromatic rings. The molecule has 0 saturated carbocycles. The summed E-state index contributed by atoms with van der Waals surface area (Å²) in [5, 5.41) is 1.14. The fraction of sp³-hybridized carbons (Fsp3) is 0.269. The number of nitrogens with zero attached hydrogens (tertiary/aromatic N) is 4. The van der Waals surface area contributed by atoms with Crippen LogP contribution in [0.3, 0.4) is 0 Å². The highest BCUT2D eigenvalue weighted by Gasteiger charge is 2.24. The van der Waals surface area contributed by atoms with Gasteiger partial charge in [0.1, 0.15) is 0 Å². The van der Waals surface area contributed by atoms with Crippen molar-refractivity contribution >= 4 is 16.8 Å². The van der Waals surface area contributed by atoms with Crippen LogP contribution in [0, 0.1) is 5.92 Å². The zero-order chi connectivity index (χ0) is 21.8. The van der Waals surface area contributed by atoms with Crippen molar-refractivity contribution in [2.75, 3.05) is 26.3 Å². The summed E-state index contributed by atoms with van der Waals surface area (Å²) < 4.78 is 7.87. The van der Waals surface area contributed by atoms with Gasteiger partial charge >= 0.3 is 0 Å². The van der Waals surface area contributed by atoms with Crippen molar-refractivity contribution in [3.63, 3.8) is 0 Å². The number of pyridine rings is 1. The summed E-state index contributed by atoms with van der Waals surface area (Å²) in [6.07, 6.45) is 8.14. The summed E-state index contributed by atoms with van der Waals surface area (Å²) in [5.74, 6) is 0.284. The molecular formula is C26H26N4O2. The van der Waals surface area contributed by atoms with E-state index in [1.54, 1.807) is 12.5 Å². The van der Waals surface area contributed by atoms with Gasteiger partial charge in [0.2, 0.25) is 0 Å². The van der Waals surface area contributed by atoms with Crippen LogP contribution in [0.5, 0.6) is 0 Å². The number of hydrogen-bond donors (Lipinski definition) is 0. The highest BCUT2D eigenvalue weighted by molar-refractivity contribution is 5.94. The number of imidazole rings is 1. The second-order valence-corrected chi connectivity index (χ2v) is 8.32. The zero-order valence-corrected chi connectivity index (χ0v) is 17.9. The molecule has 0 N–H and O–H groups in total. The average molecular weight is 427 g/mol. The number of rotatable bonds is 5. The van der Waals surface area contributed by atoms with Crippen molar-refractivity contribution in [1.29, 1.82) is 0 Å². The van der Waals surface area contributed by atoms with Crippen LogP contribution >= 0.6 is 0 Å². The number of fused-ring (bicyclic) bond motifs is 1. The number of para-hydroxylation sites is 1. The molecule has 0 spiro atoms. The molecule has 6 heteroatoms. The Morgan fingerprint density at radius 3 is 2.91 bits per heavy atom. The smallest absolute Gasteiger partial charge is 0.253 e. The Kier molecular flexibility index (Phi) is 5.94. The highest BCUT2D eigenvalue weighted by Crippen LogP contribution is 2.22. The molecule has 1 saturated heterocycles. The maximum atomic E-state index is 13.4. The maximum absolute atomic E-state index is 13.4. The number of hydrogen-bond acceptors (Lipinski definition) is 4. The molecule has 1 aliphatic heterocycles. The normalized spacial score (nSPS) is 16.8. The fourth-order valence-electron chi connectivity index (χ4n) is 4.41. The minimum absolute atomic E-state index is 0.0593. The first-order chi connectivity index (χ1) is 15.8. The Bertz CT molecular complexity index is 1200. The highest BCUT2D eigenvalue weighted by atomic mass is 16.5. The van der Waals surface area contributed by atoms with Gasteiger partial charge < -0.3 is 14.2 Å². The molecule has 3 heterocycles. The van der Waals surface area contributed by atoms with E-state index in [0.717, 1.165) is 28.5 Å². The Labute approximate surface area is 187 Å². The molecule has 2 aromatic heterocycles. The lowest BCUT2D eigenvalue weighted by Crippen LogP contribution is -2.36. The van der Waals surface area contributed by atoms with E-state index in [4.69, 9.17) is 4.74 Å². The fourth-order valence-corrected chi connectivity index (χ4v) is 4.41. The first-order valence-corrected chi connectivity index (χ1v) is 11.0. The molecule has 1 aliphatic rings.